The molecule has 1 N–H and O–H groups in total. The highest BCUT2D eigenvalue weighted by Crippen LogP contribution is 2.31. The van der Waals surface area contributed by atoms with Crippen LogP contribution in [-0.2, 0) is 32.1 Å². The smallest absolute Gasteiger partial charge is 0.361 e. The number of esters is 1. The number of nitrogens with zero attached hydrogens (tertiary/aromatic N) is 2. The number of hydrogen-bond acceptors (Lipinski definition) is 5. The predicted molar refractivity (Wildman–Crippen MR) is 113 cm³/mol. The summed E-state index contributed by atoms with van der Waals surface area (Å²) in [5.41, 5.74) is 0.404. The van der Waals surface area contributed by atoms with Gasteiger partial charge in [0.2, 0.25) is 0 Å². The number of amides is 1. The van der Waals surface area contributed by atoms with E-state index in [0.29, 0.717) is 11.9 Å². The molecule has 0 saturated carbocycles. The van der Waals surface area contributed by atoms with Crippen molar-refractivity contribution >= 4 is 28.8 Å². The third kappa shape index (κ3) is 4.01. The van der Waals surface area contributed by atoms with E-state index in [1.807, 2.05) is 30.3 Å². The largest absolute Gasteiger partial charge is 0.457 e. The van der Waals surface area contributed by atoms with Gasteiger partial charge >= 0.3 is 11.9 Å². The number of fused-ring (bicyclic) bond motifs is 1. The van der Waals surface area contributed by atoms with Gasteiger partial charge in [-0.1, -0.05) is 30.3 Å². The number of rotatable bonds is 6. The molecule has 1 atom stereocenters. The first-order valence-electron chi connectivity index (χ1n) is 9.85. The first-order valence-corrected chi connectivity index (χ1v) is 9.85. The van der Waals surface area contributed by atoms with Crippen LogP contribution in [0.15, 0.2) is 59.7 Å². The van der Waals surface area contributed by atoms with Crippen LogP contribution in [0.1, 0.15) is 17.5 Å². The van der Waals surface area contributed by atoms with E-state index in [9.17, 15) is 14.0 Å². The molecule has 4 rings (SSSR count). The van der Waals surface area contributed by atoms with Crippen molar-refractivity contribution in [3.63, 3.8) is 0 Å². The highest BCUT2D eigenvalue weighted by Gasteiger charge is 2.55. The van der Waals surface area contributed by atoms with Crippen molar-refractivity contribution in [2.24, 2.45) is 4.99 Å². The van der Waals surface area contributed by atoms with E-state index in [1.165, 1.54) is 17.0 Å². The van der Waals surface area contributed by atoms with E-state index < -0.39 is 17.5 Å². The quantitative estimate of drug-likeness (QED) is 0.486. The Hall–Kier alpha value is -3.68. The number of nitrogens with one attached hydrogen (secondary N) is 1. The Morgan fingerprint density at radius 3 is 2.71 bits per heavy atom. The third-order valence-electron chi connectivity index (χ3n) is 5.21. The lowest BCUT2D eigenvalue weighted by molar-refractivity contribution is -0.168. The molecule has 0 saturated heterocycles. The van der Waals surface area contributed by atoms with Gasteiger partial charge in [-0.25, -0.2) is 9.18 Å². The number of H-pyrrole nitrogens is 1. The first kappa shape index (κ1) is 20.6. The normalized spacial score (nSPS) is 18.0. The summed E-state index contributed by atoms with van der Waals surface area (Å²) >= 11 is 0. The summed E-state index contributed by atoms with van der Waals surface area (Å²) < 4.78 is 24.7. The van der Waals surface area contributed by atoms with Crippen LogP contribution in [-0.4, -0.2) is 47.5 Å². The van der Waals surface area contributed by atoms with Crippen LogP contribution in [0.4, 0.5) is 4.39 Å². The number of amidine groups is 1. The van der Waals surface area contributed by atoms with Gasteiger partial charge in [0.1, 0.15) is 12.4 Å². The van der Waals surface area contributed by atoms with E-state index in [1.54, 1.807) is 26.4 Å². The molecule has 0 radical (unpaired) electrons. The van der Waals surface area contributed by atoms with Gasteiger partial charge in [0.25, 0.3) is 11.6 Å². The molecule has 2 aromatic carbocycles. The predicted octanol–water partition coefficient (Wildman–Crippen LogP) is 3.20. The monoisotopic (exact) mass is 423 g/mol. The molecular weight excluding hydrogens is 401 g/mol. The highest BCUT2D eigenvalue weighted by atomic mass is 19.1. The van der Waals surface area contributed by atoms with Crippen LogP contribution < -0.4 is 0 Å². The molecule has 0 bridgehead atoms. The van der Waals surface area contributed by atoms with E-state index in [-0.39, 0.29) is 24.9 Å². The van der Waals surface area contributed by atoms with Gasteiger partial charge in [0, 0.05) is 37.6 Å². The minimum Gasteiger partial charge on any atom is -0.457 e. The molecule has 160 valence electrons. The standard InChI is InChI=1S/C23H22FN3O4/c1-27(2)22-26-20(28)23(31-22,21(29)30-14-15-6-4-3-5-7-15)11-10-16-13-25-19-12-17(24)8-9-18(16)19/h3-9,12-13,25H,10-11,14H2,1-2H3. The Labute approximate surface area is 178 Å². The second-order valence-electron chi connectivity index (χ2n) is 7.59. The maximum absolute atomic E-state index is 13.5. The molecule has 1 unspecified atom stereocenters. The number of carbonyl (C=O) groups excluding carboxylic acids is 2. The summed E-state index contributed by atoms with van der Waals surface area (Å²) in [6.45, 7) is 0.0156. The summed E-state index contributed by atoms with van der Waals surface area (Å²) in [4.78, 5) is 34.4. The van der Waals surface area contributed by atoms with Crippen molar-refractivity contribution in [3.05, 3.63) is 71.7 Å². The van der Waals surface area contributed by atoms with Crippen molar-refractivity contribution in [1.82, 2.24) is 9.88 Å². The third-order valence-corrected chi connectivity index (χ3v) is 5.21. The van der Waals surface area contributed by atoms with Gasteiger partial charge in [0.05, 0.1) is 0 Å². The number of hydrogen-bond donors (Lipinski definition) is 1. The summed E-state index contributed by atoms with van der Waals surface area (Å²) in [6, 6.07) is 13.7. The second kappa shape index (κ2) is 8.22. The maximum Gasteiger partial charge on any atom is 0.361 e. The number of carbonyl (C=O) groups is 2. The number of aromatic amines is 1. The van der Waals surface area contributed by atoms with Crippen molar-refractivity contribution in [3.8, 4) is 0 Å². The van der Waals surface area contributed by atoms with Crippen LogP contribution in [0.25, 0.3) is 10.9 Å². The molecule has 2 heterocycles. The molecule has 7 nitrogen and oxygen atoms in total. The Morgan fingerprint density at radius 1 is 1.23 bits per heavy atom. The highest BCUT2D eigenvalue weighted by molar-refractivity contribution is 6.14. The van der Waals surface area contributed by atoms with Gasteiger partial charge in [-0.15, -0.1) is 0 Å². The summed E-state index contributed by atoms with van der Waals surface area (Å²) in [5, 5.41) is 0.813. The lowest BCUT2D eigenvalue weighted by atomic mass is 9.94. The van der Waals surface area contributed by atoms with Crippen molar-refractivity contribution in [2.75, 3.05) is 14.1 Å². The maximum atomic E-state index is 13.5. The molecule has 3 aromatic rings. The average Bonchev–Trinajstić information content (AvgIpc) is 3.32. The van der Waals surface area contributed by atoms with Gasteiger partial charge in [0.15, 0.2) is 0 Å². The molecule has 0 aliphatic carbocycles. The number of aliphatic imine (C=N–C) groups is 1. The zero-order chi connectivity index (χ0) is 22.0. The van der Waals surface area contributed by atoms with Crippen molar-refractivity contribution < 1.29 is 23.5 Å². The van der Waals surface area contributed by atoms with E-state index in [2.05, 4.69) is 9.98 Å². The number of aromatic nitrogens is 1. The van der Waals surface area contributed by atoms with Gasteiger partial charge < -0.3 is 19.4 Å². The van der Waals surface area contributed by atoms with Crippen LogP contribution in [0, 0.1) is 5.82 Å². The second-order valence-corrected chi connectivity index (χ2v) is 7.59. The number of ether oxygens (including phenoxy) is 2. The molecule has 8 heteroatoms. The van der Waals surface area contributed by atoms with Crippen LogP contribution in [0.2, 0.25) is 0 Å². The summed E-state index contributed by atoms with van der Waals surface area (Å²) in [6.07, 6.45) is 2.10. The van der Waals surface area contributed by atoms with Crippen LogP contribution in [0.3, 0.4) is 0 Å². The fourth-order valence-electron chi connectivity index (χ4n) is 3.50. The topological polar surface area (TPSA) is 84.0 Å². The number of aryl methyl sites for hydroxylation is 1. The molecule has 0 fully saturated rings. The molecule has 1 aromatic heterocycles. The zero-order valence-corrected chi connectivity index (χ0v) is 17.2. The fraction of sp³-hybridized carbons (Fsp3) is 0.261. The molecule has 0 spiro atoms. The number of halogens is 1. The van der Waals surface area contributed by atoms with E-state index in [4.69, 9.17) is 9.47 Å². The molecule has 31 heavy (non-hydrogen) atoms. The Kier molecular flexibility index (Phi) is 5.46. The Balaban J connectivity index is 1.57. The van der Waals surface area contributed by atoms with Crippen molar-refractivity contribution in [1.29, 1.82) is 0 Å². The number of benzene rings is 2. The van der Waals surface area contributed by atoms with Crippen LogP contribution >= 0.6 is 0 Å². The fourth-order valence-corrected chi connectivity index (χ4v) is 3.50. The van der Waals surface area contributed by atoms with Gasteiger partial charge in [-0.3, -0.25) is 4.79 Å². The van der Waals surface area contributed by atoms with Gasteiger partial charge in [-0.05, 0) is 35.7 Å². The lowest BCUT2D eigenvalue weighted by Gasteiger charge is -2.25. The van der Waals surface area contributed by atoms with Crippen LogP contribution in [0.5, 0.6) is 0 Å². The average molecular weight is 423 g/mol. The molecular formula is C23H22FN3O4. The summed E-state index contributed by atoms with van der Waals surface area (Å²) in [7, 11) is 3.34. The molecule has 1 amide bonds. The molecule has 1 aliphatic heterocycles. The minimum atomic E-state index is -1.86. The summed E-state index contributed by atoms with van der Waals surface area (Å²) in [5.74, 6) is -1.83. The van der Waals surface area contributed by atoms with Crippen molar-refractivity contribution in [2.45, 2.75) is 25.0 Å². The van der Waals surface area contributed by atoms with Gasteiger partial charge in [-0.2, -0.15) is 4.99 Å². The zero-order valence-electron chi connectivity index (χ0n) is 17.2. The van der Waals surface area contributed by atoms with E-state index in [0.717, 1.165) is 16.5 Å². The first-order chi connectivity index (χ1) is 14.9. The SMILES string of the molecule is CN(C)C1=NC(=O)C(CCc2c[nH]c3cc(F)ccc23)(C(=O)OCc2ccccc2)O1. The lowest BCUT2D eigenvalue weighted by Crippen LogP contribution is -2.48. The Bertz CT molecular complexity index is 1160. The van der Waals surface area contributed by atoms with E-state index >= 15 is 0 Å². The molecule has 1 aliphatic rings. The minimum absolute atomic E-state index is 0.0156. The Morgan fingerprint density at radius 2 is 2.00 bits per heavy atom.